The molecule has 1 unspecified atom stereocenters. The molecule has 0 aliphatic rings. The van der Waals surface area contributed by atoms with E-state index in [2.05, 4.69) is 44.7 Å². The van der Waals surface area contributed by atoms with Gasteiger partial charge in [-0.1, -0.05) is 34.3 Å². The molecule has 4 nitrogen and oxygen atoms in total. The third-order valence-electron chi connectivity index (χ3n) is 1.80. The van der Waals surface area contributed by atoms with E-state index in [-0.39, 0.29) is 5.91 Å². The fourth-order valence-electron chi connectivity index (χ4n) is 1.15. The van der Waals surface area contributed by atoms with E-state index >= 15 is 0 Å². The van der Waals surface area contributed by atoms with E-state index in [1.54, 1.807) is 0 Å². The number of hydrogen-bond donors (Lipinski definition) is 1. The van der Waals surface area contributed by atoms with Gasteiger partial charge in [-0.2, -0.15) is 0 Å². The van der Waals surface area contributed by atoms with Crippen molar-refractivity contribution in [3.8, 4) is 0 Å². The third kappa shape index (κ3) is 4.70. The van der Waals surface area contributed by atoms with Crippen LogP contribution in [0.5, 0.6) is 0 Å². The molecular formula is C9H14BrN3OS. The normalized spacial score (nSPS) is 12.8. The molecule has 1 aromatic rings. The number of hydrogen-bond acceptors (Lipinski definition) is 4. The summed E-state index contributed by atoms with van der Waals surface area (Å²) in [4.78, 5) is 12.4. The minimum atomic E-state index is -0.0989. The third-order valence-corrected chi connectivity index (χ3v) is 3.16. The standard InChI is InChI=1S/C9H14BrN3OS/c1-6(2)3-7(10)4-11-9(14)8-5-12-13-15-8/h5-7H,3-4H2,1-2H3,(H,11,14). The molecule has 0 saturated carbocycles. The van der Waals surface area contributed by atoms with E-state index < -0.39 is 0 Å². The molecule has 0 spiro atoms. The van der Waals surface area contributed by atoms with Crippen LogP contribution >= 0.6 is 27.5 Å². The maximum Gasteiger partial charge on any atom is 0.264 e. The number of rotatable bonds is 5. The summed E-state index contributed by atoms with van der Waals surface area (Å²) in [5, 5.41) is 6.45. The molecule has 0 aliphatic carbocycles. The highest BCUT2D eigenvalue weighted by Crippen LogP contribution is 2.11. The topological polar surface area (TPSA) is 54.9 Å². The molecule has 0 saturated heterocycles. The summed E-state index contributed by atoms with van der Waals surface area (Å²) in [5.74, 6) is 0.523. The minimum Gasteiger partial charge on any atom is -0.350 e. The Bertz CT molecular complexity index is 302. The smallest absolute Gasteiger partial charge is 0.264 e. The van der Waals surface area contributed by atoms with Crippen LogP contribution in [0, 0.1) is 5.92 Å². The first kappa shape index (κ1) is 12.6. The van der Waals surface area contributed by atoms with Gasteiger partial charge in [0.25, 0.3) is 5.91 Å². The fraction of sp³-hybridized carbons (Fsp3) is 0.667. The highest BCUT2D eigenvalue weighted by molar-refractivity contribution is 9.09. The van der Waals surface area contributed by atoms with Crippen LogP contribution in [0.25, 0.3) is 0 Å². The van der Waals surface area contributed by atoms with Crippen LogP contribution in [0.1, 0.15) is 29.9 Å². The van der Waals surface area contributed by atoms with Gasteiger partial charge in [-0.25, -0.2) is 0 Å². The zero-order valence-corrected chi connectivity index (χ0v) is 11.1. The van der Waals surface area contributed by atoms with Crippen LogP contribution in [0.2, 0.25) is 0 Å². The summed E-state index contributed by atoms with van der Waals surface area (Å²) in [5.41, 5.74) is 0. The Morgan fingerprint density at radius 2 is 2.40 bits per heavy atom. The summed E-state index contributed by atoms with van der Waals surface area (Å²) < 4.78 is 3.64. The molecule has 0 radical (unpaired) electrons. The lowest BCUT2D eigenvalue weighted by Crippen LogP contribution is -2.29. The van der Waals surface area contributed by atoms with Crippen LogP contribution < -0.4 is 5.32 Å². The van der Waals surface area contributed by atoms with Crippen LogP contribution in [0.3, 0.4) is 0 Å². The van der Waals surface area contributed by atoms with Gasteiger partial charge in [-0.05, 0) is 23.9 Å². The highest BCUT2D eigenvalue weighted by Gasteiger charge is 2.11. The van der Waals surface area contributed by atoms with Crippen LogP contribution in [-0.4, -0.2) is 26.9 Å². The minimum absolute atomic E-state index is 0.0989. The molecule has 0 fully saturated rings. The zero-order valence-electron chi connectivity index (χ0n) is 8.74. The first-order valence-corrected chi connectivity index (χ1v) is 6.48. The lowest BCUT2D eigenvalue weighted by atomic mass is 10.1. The lowest BCUT2D eigenvalue weighted by Gasteiger charge is -2.12. The number of alkyl halides is 1. The Morgan fingerprint density at radius 3 is 2.93 bits per heavy atom. The number of nitrogens with one attached hydrogen (secondary N) is 1. The zero-order chi connectivity index (χ0) is 11.3. The van der Waals surface area contributed by atoms with Gasteiger partial charge in [0.05, 0.1) is 6.20 Å². The number of carbonyl (C=O) groups excluding carboxylic acids is 1. The monoisotopic (exact) mass is 291 g/mol. The summed E-state index contributed by atoms with van der Waals surface area (Å²) in [6.07, 6.45) is 2.52. The molecule has 1 rings (SSSR count). The number of nitrogens with zero attached hydrogens (tertiary/aromatic N) is 2. The molecule has 1 aromatic heterocycles. The van der Waals surface area contributed by atoms with Gasteiger partial charge in [0, 0.05) is 11.4 Å². The summed E-state index contributed by atoms with van der Waals surface area (Å²) >= 11 is 4.64. The SMILES string of the molecule is CC(C)CC(Br)CNC(=O)c1cnns1. The second kappa shape index (κ2) is 6.17. The fourth-order valence-corrected chi connectivity index (χ4v) is 2.49. The molecule has 0 aliphatic heterocycles. The second-order valence-electron chi connectivity index (χ2n) is 3.72. The van der Waals surface area contributed by atoms with Crippen molar-refractivity contribution >= 4 is 33.4 Å². The predicted octanol–water partition coefficient (Wildman–Crippen LogP) is 2.08. The van der Waals surface area contributed by atoms with Crippen molar-refractivity contribution in [3.63, 3.8) is 0 Å². The molecule has 0 aromatic carbocycles. The Balaban J connectivity index is 2.28. The summed E-state index contributed by atoms with van der Waals surface area (Å²) in [6, 6.07) is 0. The quantitative estimate of drug-likeness (QED) is 0.845. The number of halogens is 1. The molecule has 6 heteroatoms. The van der Waals surface area contributed by atoms with Crippen LogP contribution in [-0.2, 0) is 0 Å². The molecule has 1 amide bonds. The largest absolute Gasteiger partial charge is 0.350 e. The van der Waals surface area contributed by atoms with E-state index in [0.717, 1.165) is 18.0 Å². The molecular weight excluding hydrogens is 278 g/mol. The highest BCUT2D eigenvalue weighted by atomic mass is 79.9. The molecule has 84 valence electrons. The van der Waals surface area contributed by atoms with Crippen molar-refractivity contribution in [3.05, 3.63) is 11.1 Å². The van der Waals surface area contributed by atoms with E-state index in [0.29, 0.717) is 22.2 Å². The van der Waals surface area contributed by atoms with Crippen LogP contribution in [0.15, 0.2) is 6.20 Å². The Hall–Kier alpha value is -0.490. The first-order valence-electron chi connectivity index (χ1n) is 4.79. The molecule has 0 bridgehead atoms. The number of aromatic nitrogens is 2. The van der Waals surface area contributed by atoms with E-state index in [1.807, 2.05) is 0 Å². The van der Waals surface area contributed by atoms with Gasteiger partial charge in [0.2, 0.25) is 0 Å². The van der Waals surface area contributed by atoms with Gasteiger partial charge in [-0.3, -0.25) is 4.79 Å². The predicted molar refractivity (Wildman–Crippen MR) is 64.4 cm³/mol. The molecule has 1 atom stereocenters. The Labute approximate surface area is 102 Å². The average molecular weight is 292 g/mol. The van der Waals surface area contributed by atoms with Gasteiger partial charge in [0.15, 0.2) is 0 Å². The van der Waals surface area contributed by atoms with Gasteiger partial charge < -0.3 is 5.32 Å². The van der Waals surface area contributed by atoms with Gasteiger partial charge in [0.1, 0.15) is 4.88 Å². The van der Waals surface area contributed by atoms with Crippen molar-refractivity contribution in [2.45, 2.75) is 25.1 Å². The molecule has 1 heterocycles. The Kier molecular flexibility index (Phi) is 5.17. The van der Waals surface area contributed by atoms with E-state index in [1.165, 1.54) is 6.20 Å². The summed E-state index contributed by atoms with van der Waals surface area (Å²) in [7, 11) is 0. The average Bonchev–Trinajstić information content (AvgIpc) is 2.65. The van der Waals surface area contributed by atoms with Crippen molar-refractivity contribution in [1.29, 1.82) is 0 Å². The van der Waals surface area contributed by atoms with Crippen molar-refractivity contribution in [2.75, 3.05) is 6.54 Å². The molecule has 1 N–H and O–H groups in total. The van der Waals surface area contributed by atoms with Crippen LogP contribution in [0.4, 0.5) is 0 Å². The maximum absolute atomic E-state index is 11.5. The van der Waals surface area contributed by atoms with Crippen molar-refractivity contribution in [2.24, 2.45) is 5.92 Å². The second-order valence-corrected chi connectivity index (χ2v) is 5.80. The first-order chi connectivity index (χ1) is 7.09. The van der Waals surface area contributed by atoms with Crippen molar-refractivity contribution < 1.29 is 4.79 Å². The van der Waals surface area contributed by atoms with E-state index in [9.17, 15) is 4.79 Å². The molecule has 15 heavy (non-hydrogen) atoms. The number of carbonyl (C=O) groups is 1. The van der Waals surface area contributed by atoms with Gasteiger partial charge >= 0.3 is 0 Å². The van der Waals surface area contributed by atoms with Gasteiger partial charge in [-0.15, -0.1) is 5.10 Å². The summed E-state index contributed by atoms with van der Waals surface area (Å²) in [6.45, 7) is 4.95. The Morgan fingerprint density at radius 1 is 1.67 bits per heavy atom. The van der Waals surface area contributed by atoms with E-state index in [4.69, 9.17) is 0 Å². The van der Waals surface area contributed by atoms with Crippen molar-refractivity contribution in [1.82, 2.24) is 14.9 Å². The number of amides is 1. The maximum atomic E-state index is 11.5. The lowest BCUT2D eigenvalue weighted by molar-refractivity contribution is 0.0957.